The van der Waals surface area contributed by atoms with E-state index in [4.69, 9.17) is 9.97 Å². The fourth-order valence-electron chi connectivity index (χ4n) is 8.03. The zero-order valence-corrected chi connectivity index (χ0v) is 30.8. The summed E-state index contributed by atoms with van der Waals surface area (Å²) in [5.74, 6) is 0.784. The Labute approximate surface area is 308 Å². The van der Waals surface area contributed by atoms with Crippen molar-refractivity contribution in [3.63, 3.8) is 0 Å². The van der Waals surface area contributed by atoms with Crippen molar-refractivity contribution in [2.24, 2.45) is 0 Å². The summed E-state index contributed by atoms with van der Waals surface area (Å²) in [5.41, 5.74) is 12.9. The molecule has 0 saturated carbocycles. The predicted octanol–water partition coefficient (Wildman–Crippen LogP) is 12.0. The second-order valence-electron chi connectivity index (χ2n) is 14.2. The zero-order valence-electron chi connectivity index (χ0n) is 29.0. The Morgan fingerprint density at radius 2 is 0.981 bits per heavy atom. The van der Waals surface area contributed by atoms with E-state index in [1.807, 2.05) is 11.3 Å². The largest absolute Gasteiger partial charge is 0.237 e. The molecule has 2 aromatic heterocycles. The highest BCUT2D eigenvalue weighted by Gasteiger charge is 2.41. The van der Waals surface area contributed by atoms with Gasteiger partial charge in [-0.15, -0.1) is 11.3 Å². The first-order chi connectivity index (χ1) is 25.5. The molecular weight excluding hydrogens is 665 g/mol. The summed E-state index contributed by atoms with van der Waals surface area (Å²) in [7, 11) is -2.04. The van der Waals surface area contributed by atoms with Crippen molar-refractivity contribution < 1.29 is 0 Å². The molecule has 0 bridgehead atoms. The molecule has 52 heavy (non-hydrogen) atoms. The smallest absolute Gasteiger partial charge is 0.159 e. The topological polar surface area (TPSA) is 25.8 Å². The molecule has 0 N–H and O–H groups in total. The molecule has 0 amide bonds. The number of fused-ring (bicyclic) bond motifs is 6. The first kappa shape index (κ1) is 30.8. The van der Waals surface area contributed by atoms with Gasteiger partial charge in [0.05, 0.1) is 5.69 Å². The Hall–Kier alpha value is -5.94. The van der Waals surface area contributed by atoms with Gasteiger partial charge in [0, 0.05) is 42.2 Å². The average Bonchev–Trinajstić information content (AvgIpc) is 3.70. The number of hydrogen-bond donors (Lipinski definition) is 0. The van der Waals surface area contributed by atoms with Crippen LogP contribution >= 0.6 is 11.3 Å². The van der Waals surface area contributed by atoms with Gasteiger partial charge < -0.3 is 0 Å². The van der Waals surface area contributed by atoms with Crippen molar-refractivity contribution >= 4 is 50.1 Å². The standard InChI is InChI=1S/C48H34N2SSi/c1-52(2)43-27-9-7-23-41(43)44-45(31-14-4-3-5-15-31)49-47(50-48(44)52)37-21-12-19-35(30-37)33-17-10-16-32(28-33)34-18-11-20-36(29-34)38-24-13-25-40-39-22-6-8-26-42(39)51-46(38)40/h3-30H,1-2H3. The number of benzene rings is 7. The van der Waals surface area contributed by atoms with Gasteiger partial charge in [0.2, 0.25) is 0 Å². The molecule has 2 nitrogen and oxygen atoms in total. The normalized spacial score (nSPS) is 13.0. The van der Waals surface area contributed by atoms with Crippen molar-refractivity contribution in [2.75, 3.05) is 0 Å². The third-order valence-corrected chi connectivity index (χ3v) is 15.2. The predicted molar refractivity (Wildman–Crippen MR) is 224 cm³/mol. The van der Waals surface area contributed by atoms with Crippen LogP contribution in [0.2, 0.25) is 13.1 Å². The number of rotatable bonds is 5. The summed E-state index contributed by atoms with van der Waals surface area (Å²) in [6.07, 6.45) is 0. The Balaban J connectivity index is 1.05. The number of aromatic nitrogens is 2. The maximum Gasteiger partial charge on any atom is 0.159 e. The van der Waals surface area contributed by atoms with E-state index < -0.39 is 8.07 Å². The quantitative estimate of drug-likeness (QED) is 0.167. The van der Waals surface area contributed by atoms with E-state index >= 15 is 0 Å². The third-order valence-electron chi connectivity index (χ3n) is 10.6. The molecule has 0 saturated heterocycles. The van der Waals surface area contributed by atoms with E-state index in [1.165, 1.54) is 69.6 Å². The van der Waals surface area contributed by atoms with E-state index in [0.717, 1.165) is 28.2 Å². The van der Waals surface area contributed by atoms with Crippen molar-refractivity contribution in [1.29, 1.82) is 0 Å². The first-order valence-corrected chi connectivity index (χ1v) is 21.6. The lowest BCUT2D eigenvalue weighted by Crippen LogP contribution is -2.50. The third kappa shape index (κ3) is 4.98. The minimum atomic E-state index is -2.04. The van der Waals surface area contributed by atoms with Crippen LogP contribution in [0.15, 0.2) is 170 Å². The molecule has 246 valence electrons. The van der Waals surface area contributed by atoms with Crippen molar-refractivity contribution in [3.8, 4) is 67.2 Å². The van der Waals surface area contributed by atoms with Gasteiger partial charge in [-0.25, -0.2) is 9.97 Å². The van der Waals surface area contributed by atoms with Gasteiger partial charge >= 0.3 is 0 Å². The Bertz CT molecular complexity index is 2830. The first-order valence-electron chi connectivity index (χ1n) is 17.8. The SMILES string of the molecule is C[Si]1(C)c2ccccc2-c2c(-c3ccccc3)nc(-c3cccc(-c4cccc(-c5cccc(-c6cccc7c6sc6ccccc67)c5)c4)c3)nc21. The molecule has 0 radical (unpaired) electrons. The molecule has 0 aliphatic carbocycles. The summed E-state index contributed by atoms with van der Waals surface area (Å²) >= 11 is 1.88. The maximum absolute atomic E-state index is 5.40. The molecule has 0 unspecified atom stereocenters. The summed E-state index contributed by atoms with van der Waals surface area (Å²) in [6, 6.07) is 61.5. The van der Waals surface area contributed by atoms with Gasteiger partial charge in [0.25, 0.3) is 0 Å². The lowest BCUT2D eigenvalue weighted by Gasteiger charge is -2.19. The van der Waals surface area contributed by atoms with E-state index in [2.05, 4.69) is 183 Å². The van der Waals surface area contributed by atoms with Gasteiger partial charge in [-0.05, 0) is 68.4 Å². The summed E-state index contributed by atoms with van der Waals surface area (Å²) in [5, 5.41) is 5.30. The van der Waals surface area contributed by atoms with Gasteiger partial charge in [0.1, 0.15) is 8.07 Å². The molecular formula is C48H34N2SSi. The van der Waals surface area contributed by atoms with Gasteiger partial charge in [-0.2, -0.15) is 0 Å². The highest BCUT2D eigenvalue weighted by atomic mass is 32.1. The van der Waals surface area contributed by atoms with Crippen LogP contribution < -0.4 is 10.5 Å². The maximum atomic E-state index is 5.40. The fraction of sp³-hybridized carbons (Fsp3) is 0.0417. The minimum absolute atomic E-state index is 0.784. The average molecular weight is 699 g/mol. The summed E-state index contributed by atoms with van der Waals surface area (Å²) in [4.78, 5) is 10.7. The van der Waals surface area contributed by atoms with Gasteiger partial charge in [-0.1, -0.05) is 159 Å². The molecule has 0 atom stereocenters. The molecule has 1 aliphatic rings. The van der Waals surface area contributed by atoms with Crippen LogP contribution in [-0.4, -0.2) is 18.0 Å². The lowest BCUT2D eigenvalue weighted by molar-refractivity contribution is 1.21. The van der Waals surface area contributed by atoms with Gasteiger partial charge in [0.15, 0.2) is 5.82 Å². The minimum Gasteiger partial charge on any atom is -0.237 e. The van der Waals surface area contributed by atoms with Crippen molar-refractivity contribution in [1.82, 2.24) is 9.97 Å². The lowest BCUT2D eigenvalue weighted by atomic mass is 9.95. The zero-order chi connectivity index (χ0) is 34.8. The van der Waals surface area contributed by atoms with Crippen LogP contribution in [0.4, 0.5) is 0 Å². The van der Waals surface area contributed by atoms with E-state index in [9.17, 15) is 0 Å². The Morgan fingerprint density at radius 1 is 0.442 bits per heavy atom. The summed E-state index contributed by atoms with van der Waals surface area (Å²) in [6.45, 7) is 4.84. The second-order valence-corrected chi connectivity index (χ2v) is 19.5. The number of nitrogens with zero attached hydrogens (tertiary/aromatic N) is 2. The molecule has 10 rings (SSSR count). The van der Waals surface area contributed by atoms with Gasteiger partial charge in [-0.3, -0.25) is 0 Å². The van der Waals surface area contributed by atoms with Crippen LogP contribution in [0.25, 0.3) is 87.3 Å². The highest BCUT2D eigenvalue weighted by Crippen LogP contribution is 2.41. The van der Waals surface area contributed by atoms with Crippen molar-refractivity contribution in [2.45, 2.75) is 13.1 Å². The van der Waals surface area contributed by atoms with Crippen LogP contribution in [0.3, 0.4) is 0 Å². The molecule has 9 aromatic rings. The molecule has 3 heterocycles. The van der Waals surface area contributed by atoms with Crippen LogP contribution in [-0.2, 0) is 0 Å². The van der Waals surface area contributed by atoms with Crippen LogP contribution in [0, 0.1) is 0 Å². The Kier molecular flexibility index (Phi) is 7.17. The molecule has 0 fully saturated rings. The fourth-order valence-corrected chi connectivity index (χ4v) is 12.2. The van der Waals surface area contributed by atoms with Crippen LogP contribution in [0.1, 0.15) is 0 Å². The van der Waals surface area contributed by atoms with E-state index in [1.54, 1.807) is 0 Å². The molecule has 4 heteroatoms. The number of thiophene rings is 1. The molecule has 1 aliphatic heterocycles. The highest BCUT2D eigenvalue weighted by molar-refractivity contribution is 7.26. The van der Waals surface area contributed by atoms with Crippen LogP contribution in [0.5, 0.6) is 0 Å². The van der Waals surface area contributed by atoms with Crippen molar-refractivity contribution in [3.05, 3.63) is 170 Å². The number of hydrogen-bond acceptors (Lipinski definition) is 3. The Morgan fingerprint density at radius 3 is 1.75 bits per heavy atom. The van der Waals surface area contributed by atoms with E-state index in [0.29, 0.717) is 0 Å². The van der Waals surface area contributed by atoms with E-state index in [-0.39, 0.29) is 0 Å². The molecule has 7 aromatic carbocycles. The monoisotopic (exact) mass is 698 g/mol. The molecule has 0 spiro atoms. The second kappa shape index (κ2) is 12.1. The summed E-state index contributed by atoms with van der Waals surface area (Å²) < 4.78 is 2.67.